The second-order valence-electron chi connectivity index (χ2n) is 3.96. The highest BCUT2D eigenvalue weighted by atomic mass is 16.5. The molecule has 0 radical (unpaired) electrons. The molecule has 0 aliphatic heterocycles. The molecule has 0 saturated heterocycles. The third-order valence-corrected chi connectivity index (χ3v) is 3.29. The molecule has 1 saturated carbocycles. The van der Waals surface area contributed by atoms with Crippen molar-refractivity contribution >= 4 is 5.82 Å². The number of anilines is 1. The second-order valence-corrected chi connectivity index (χ2v) is 3.96. The SMILES string of the molecule is CCC1(c2cc(N)no2)CCCC1. The zero-order valence-electron chi connectivity index (χ0n) is 8.05. The van der Waals surface area contributed by atoms with Crippen molar-refractivity contribution < 1.29 is 4.52 Å². The number of nitrogens with two attached hydrogens (primary N) is 1. The van der Waals surface area contributed by atoms with Crippen molar-refractivity contribution in [3.63, 3.8) is 0 Å². The van der Waals surface area contributed by atoms with E-state index in [-0.39, 0.29) is 5.41 Å². The molecule has 3 heteroatoms. The summed E-state index contributed by atoms with van der Waals surface area (Å²) in [5.74, 6) is 1.50. The largest absolute Gasteiger partial charge is 0.381 e. The number of hydrogen-bond acceptors (Lipinski definition) is 3. The Bertz CT molecular complexity index is 287. The highest BCUT2D eigenvalue weighted by Gasteiger charge is 2.37. The summed E-state index contributed by atoms with van der Waals surface area (Å²) in [7, 11) is 0. The predicted molar refractivity (Wildman–Crippen MR) is 51.4 cm³/mol. The van der Waals surface area contributed by atoms with Gasteiger partial charge in [0, 0.05) is 11.5 Å². The Morgan fingerprint density at radius 3 is 2.69 bits per heavy atom. The van der Waals surface area contributed by atoms with Crippen molar-refractivity contribution in [1.82, 2.24) is 5.16 Å². The van der Waals surface area contributed by atoms with Gasteiger partial charge in [-0.15, -0.1) is 0 Å². The first-order valence-electron chi connectivity index (χ1n) is 4.99. The minimum Gasteiger partial charge on any atom is -0.381 e. The maximum absolute atomic E-state index is 5.55. The van der Waals surface area contributed by atoms with Gasteiger partial charge in [0.05, 0.1) is 0 Å². The minimum atomic E-state index is 0.241. The van der Waals surface area contributed by atoms with Gasteiger partial charge in [-0.1, -0.05) is 24.9 Å². The van der Waals surface area contributed by atoms with Gasteiger partial charge in [-0.2, -0.15) is 0 Å². The molecule has 0 amide bonds. The Morgan fingerprint density at radius 2 is 2.23 bits per heavy atom. The monoisotopic (exact) mass is 180 g/mol. The molecular weight excluding hydrogens is 164 g/mol. The summed E-state index contributed by atoms with van der Waals surface area (Å²) < 4.78 is 5.27. The van der Waals surface area contributed by atoms with Crippen molar-refractivity contribution in [1.29, 1.82) is 0 Å². The van der Waals surface area contributed by atoms with E-state index in [1.807, 2.05) is 6.07 Å². The zero-order chi connectivity index (χ0) is 9.31. The van der Waals surface area contributed by atoms with E-state index in [0.29, 0.717) is 5.82 Å². The number of hydrogen-bond donors (Lipinski definition) is 1. The summed E-state index contributed by atoms with van der Waals surface area (Å²) in [6.07, 6.45) is 6.17. The Kier molecular flexibility index (Phi) is 2.02. The molecule has 0 atom stereocenters. The Morgan fingerprint density at radius 1 is 1.54 bits per heavy atom. The quantitative estimate of drug-likeness (QED) is 0.760. The topological polar surface area (TPSA) is 52.0 Å². The van der Waals surface area contributed by atoms with Gasteiger partial charge in [0.15, 0.2) is 5.82 Å². The molecule has 0 unspecified atom stereocenters. The van der Waals surface area contributed by atoms with E-state index in [4.69, 9.17) is 10.3 Å². The van der Waals surface area contributed by atoms with E-state index in [2.05, 4.69) is 12.1 Å². The number of aromatic nitrogens is 1. The molecular formula is C10H16N2O. The standard InChI is InChI=1S/C10H16N2O/c1-2-10(5-3-4-6-10)8-7-9(11)12-13-8/h7H,2-6H2,1H3,(H2,11,12). The molecule has 0 bridgehead atoms. The molecule has 1 fully saturated rings. The van der Waals surface area contributed by atoms with Crippen molar-refractivity contribution in [3.8, 4) is 0 Å². The van der Waals surface area contributed by atoms with Gasteiger partial charge in [0.25, 0.3) is 0 Å². The van der Waals surface area contributed by atoms with Crippen LogP contribution >= 0.6 is 0 Å². The predicted octanol–water partition coefficient (Wildman–Crippen LogP) is 2.48. The number of rotatable bonds is 2. The average molecular weight is 180 g/mol. The summed E-state index contributed by atoms with van der Waals surface area (Å²) in [6, 6.07) is 1.88. The molecule has 72 valence electrons. The lowest BCUT2D eigenvalue weighted by Gasteiger charge is -2.23. The minimum absolute atomic E-state index is 0.241. The lowest BCUT2D eigenvalue weighted by molar-refractivity contribution is 0.283. The summed E-state index contributed by atoms with van der Waals surface area (Å²) in [6.45, 7) is 2.21. The summed E-state index contributed by atoms with van der Waals surface area (Å²) >= 11 is 0. The van der Waals surface area contributed by atoms with Crippen LogP contribution in [0.1, 0.15) is 44.8 Å². The zero-order valence-corrected chi connectivity index (χ0v) is 8.05. The van der Waals surface area contributed by atoms with E-state index < -0.39 is 0 Å². The van der Waals surface area contributed by atoms with Gasteiger partial charge in [0.2, 0.25) is 0 Å². The van der Waals surface area contributed by atoms with E-state index in [9.17, 15) is 0 Å². The van der Waals surface area contributed by atoms with Gasteiger partial charge in [-0.05, 0) is 19.3 Å². The molecule has 1 heterocycles. The third-order valence-electron chi connectivity index (χ3n) is 3.29. The molecule has 3 nitrogen and oxygen atoms in total. The lowest BCUT2D eigenvalue weighted by Crippen LogP contribution is -2.19. The highest BCUT2D eigenvalue weighted by molar-refractivity contribution is 5.30. The molecule has 1 aliphatic carbocycles. The van der Waals surface area contributed by atoms with Crippen molar-refractivity contribution in [3.05, 3.63) is 11.8 Å². The van der Waals surface area contributed by atoms with Gasteiger partial charge < -0.3 is 10.3 Å². The van der Waals surface area contributed by atoms with Crippen LogP contribution in [0.4, 0.5) is 5.82 Å². The first kappa shape index (κ1) is 8.60. The van der Waals surface area contributed by atoms with Crippen LogP contribution in [0, 0.1) is 0 Å². The normalized spacial score (nSPS) is 20.7. The third kappa shape index (κ3) is 1.32. The molecule has 2 rings (SSSR count). The van der Waals surface area contributed by atoms with Crippen LogP contribution in [0.25, 0.3) is 0 Å². The van der Waals surface area contributed by atoms with Gasteiger partial charge in [-0.25, -0.2) is 0 Å². The molecule has 1 aromatic heterocycles. The fourth-order valence-corrected chi connectivity index (χ4v) is 2.36. The summed E-state index contributed by atoms with van der Waals surface area (Å²) in [4.78, 5) is 0. The molecule has 0 aromatic carbocycles. The van der Waals surface area contributed by atoms with Crippen LogP contribution in [0.5, 0.6) is 0 Å². The van der Waals surface area contributed by atoms with Gasteiger partial charge in [-0.3, -0.25) is 0 Å². The van der Waals surface area contributed by atoms with Crippen LogP contribution in [-0.4, -0.2) is 5.16 Å². The number of nitrogens with zero attached hydrogens (tertiary/aromatic N) is 1. The maximum Gasteiger partial charge on any atom is 0.167 e. The van der Waals surface area contributed by atoms with Crippen LogP contribution in [0.3, 0.4) is 0 Å². The Labute approximate surface area is 78.3 Å². The molecule has 2 N–H and O–H groups in total. The first-order chi connectivity index (χ1) is 6.27. The van der Waals surface area contributed by atoms with Crippen molar-refractivity contribution in [2.24, 2.45) is 0 Å². The first-order valence-corrected chi connectivity index (χ1v) is 4.99. The van der Waals surface area contributed by atoms with Crippen LogP contribution in [0.2, 0.25) is 0 Å². The van der Waals surface area contributed by atoms with Crippen LogP contribution in [-0.2, 0) is 5.41 Å². The van der Waals surface area contributed by atoms with E-state index >= 15 is 0 Å². The molecule has 1 aliphatic rings. The fourth-order valence-electron chi connectivity index (χ4n) is 2.36. The Balaban J connectivity index is 2.30. The molecule has 1 aromatic rings. The summed E-state index contributed by atoms with van der Waals surface area (Å²) in [5, 5.41) is 3.76. The van der Waals surface area contributed by atoms with Crippen molar-refractivity contribution in [2.45, 2.75) is 44.4 Å². The number of nitrogen functional groups attached to an aromatic ring is 1. The van der Waals surface area contributed by atoms with E-state index in [0.717, 1.165) is 12.2 Å². The van der Waals surface area contributed by atoms with Gasteiger partial charge >= 0.3 is 0 Å². The van der Waals surface area contributed by atoms with E-state index in [1.165, 1.54) is 25.7 Å². The molecule has 0 spiro atoms. The molecule has 13 heavy (non-hydrogen) atoms. The maximum atomic E-state index is 5.55. The van der Waals surface area contributed by atoms with Crippen LogP contribution in [0.15, 0.2) is 10.6 Å². The lowest BCUT2D eigenvalue weighted by atomic mass is 9.81. The van der Waals surface area contributed by atoms with Gasteiger partial charge in [0.1, 0.15) is 5.76 Å². The highest BCUT2D eigenvalue weighted by Crippen LogP contribution is 2.43. The Hall–Kier alpha value is -0.990. The van der Waals surface area contributed by atoms with E-state index in [1.54, 1.807) is 0 Å². The second kappa shape index (κ2) is 3.05. The smallest absolute Gasteiger partial charge is 0.167 e. The fraction of sp³-hybridized carbons (Fsp3) is 0.700. The summed E-state index contributed by atoms with van der Waals surface area (Å²) in [5.41, 5.74) is 5.80. The van der Waals surface area contributed by atoms with Crippen LogP contribution < -0.4 is 5.73 Å². The average Bonchev–Trinajstić information content (AvgIpc) is 2.73. The van der Waals surface area contributed by atoms with Crippen molar-refractivity contribution in [2.75, 3.05) is 5.73 Å².